The highest BCUT2D eigenvalue weighted by molar-refractivity contribution is 6.04. The van der Waals surface area contributed by atoms with Crippen LogP contribution in [-0.4, -0.2) is 16.9 Å². The van der Waals surface area contributed by atoms with Crippen molar-refractivity contribution in [2.45, 2.75) is 6.18 Å². The summed E-state index contributed by atoms with van der Waals surface area (Å²) >= 11 is 0. The maximum atomic E-state index is 11.9. The first kappa shape index (κ1) is 9.50. The van der Waals surface area contributed by atoms with Crippen LogP contribution in [0.25, 0.3) is 0 Å². The second-order valence-corrected chi connectivity index (χ2v) is 2.21. The number of carbonyl (C=O) groups is 1. The lowest BCUT2D eigenvalue weighted by Gasteiger charge is -2.05. The Morgan fingerprint density at radius 2 is 2.15 bits per heavy atom. The number of carbonyl (C=O) groups excluding carboxylic acids is 1. The molecule has 0 spiro atoms. The molecule has 0 aromatic carbocycles. The third kappa shape index (κ3) is 1.95. The molecule has 1 heterocycles. The molecule has 0 atom stereocenters. The van der Waals surface area contributed by atoms with Gasteiger partial charge in [0.05, 0.1) is 11.3 Å². The number of rotatable bonds is 1. The van der Waals surface area contributed by atoms with E-state index < -0.39 is 23.2 Å². The molecular weight excluding hydrogens is 185 g/mol. The van der Waals surface area contributed by atoms with E-state index in [-0.39, 0.29) is 0 Å². The van der Waals surface area contributed by atoms with Gasteiger partial charge in [-0.1, -0.05) is 0 Å². The lowest BCUT2D eigenvalue weighted by Crippen LogP contribution is -2.23. The molecule has 0 saturated heterocycles. The van der Waals surface area contributed by atoms with E-state index in [9.17, 15) is 18.0 Å². The molecule has 3 nitrogen and oxygen atoms in total. The Balaban J connectivity index is 3.10. The van der Waals surface area contributed by atoms with Gasteiger partial charge in [0.2, 0.25) is 0 Å². The molecule has 1 aromatic heterocycles. The number of halogens is 3. The van der Waals surface area contributed by atoms with E-state index in [1.54, 1.807) is 0 Å². The molecule has 0 aliphatic rings. The van der Waals surface area contributed by atoms with Crippen molar-refractivity contribution in [1.82, 2.24) is 4.98 Å². The first-order chi connectivity index (χ1) is 5.93. The quantitative estimate of drug-likeness (QED) is 0.675. The second kappa shape index (κ2) is 3.04. The van der Waals surface area contributed by atoms with E-state index in [1.807, 2.05) is 0 Å². The first-order valence-electron chi connectivity index (χ1n) is 3.16. The van der Waals surface area contributed by atoms with Gasteiger partial charge in [0, 0.05) is 6.20 Å². The van der Waals surface area contributed by atoms with Crippen molar-refractivity contribution in [3.8, 4) is 0 Å². The Morgan fingerprint density at radius 3 is 2.62 bits per heavy atom. The van der Waals surface area contributed by atoms with Crippen molar-refractivity contribution >= 4 is 11.5 Å². The van der Waals surface area contributed by atoms with Crippen molar-refractivity contribution in [1.29, 1.82) is 0 Å². The highest BCUT2D eigenvalue weighted by atomic mass is 19.4. The van der Waals surface area contributed by atoms with Gasteiger partial charge in [0.25, 0.3) is 5.78 Å². The van der Waals surface area contributed by atoms with Gasteiger partial charge in [0.1, 0.15) is 6.20 Å². The van der Waals surface area contributed by atoms with Crippen LogP contribution in [0.15, 0.2) is 12.3 Å². The van der Waals surface area contributed by atoms with Gasteiger partial charge < -0.3 is 5.73 Å². The number of nitrogen functional groups attached to an aromatic ring is 1. The summed E-state index contributed by atoms with van der Waals surface area (Å²) in [5.41, 5.74) is 4.06. The standard InChI is InChI=1S/C7H4F3N2O/c8-7(9,10)6(13)4-1-2-12-3-5(4)11/h1-2H,11H2. The van der Waals surface area contributed by atoms with E-state index in [2.05, 4.69) is 11.2 Å². The predicted molar refractivity (Wildman–Crippen MR) is 37.9 cm³/mol. The fourth-order valence-corrected chi connectivity index (χ4v) is 0.719. The normalized spacial score (nSPS) is 11.3. The minimum atomic E-state index is -4.91. The van der Waals surface area contributed by atoms with E-state index in [0.29, 0.717) is 0 Å². The largest absolute Gasteiger partial charge is 0.454 e. The van der Waals surface area contributed by atoms with Crippen molar-refractivity contribution < 1.29 is 18.0 Å². The summed E-state index contributed by atoms with van der Waals surface area (Å²) < 4.78 is 35.6. The summed E-state index contributed by atoms with van der Waals surface area (Å²) in [4.78, 5) is 14.0. The molecule has 1 aromatic rings. The molecule has 0 aliphatic carbocycles. The van der Waals surface area contributed by atoms with Gasteiger partial charge in [-0.05, 0) is 6.07 Å². The molecule has 1 radical (unpaired) electrons. The molecule has 69 valence electrons. The van der Waals surface area contributed by atoms with Crippen molar-refractivity contribution in [3.05, 3.63) is 24.0 Å². The Kier molecular flexibility index (Phi) is 2.22. The SMILES string of the molecule is Nc1[c]nccc1C(=O)C(F)(F)F. The van der Waals surface area contributed by atoms with Crippen molar-refractivity contribution in [2.75, 3.05) is 5.73 Å². The monoisotopic (exact) mass is 189 g/mol. The number of pyridine rings is 1. The van der Waals surface area contributed by atoms with Gasteiger partial charge in [-0.15, -0.1) is 0 Å². The number of anilines is 1. The fourth-order valence-electron chi connectivity index (χ4n) is 0.719. The van der Waals surface area contributed by atoms with Crippen LogP contribution >= 0.6 is 0 Å². The molecule has 13 heavy (non-hydrogen) atoms. The lowest BCUT2D eigenvalue weighted by molar-refractivity contribution is -0.0884. The van der Waals surface area contributed by atoms with E-state index in [4.69, 9.17) is 5.73 Å². The van der Waals surface area contributed by atoms with E-state index in [1.165, 1.54) is 0 Å². The number of aromatic nitrogens is 1. The lowest BCUT2D eigenvalue weighted by atomic mass is 10.1. The molecule has 2 N–H and O–H groups in total. The van der Waals surface area contributed by atoms with Crippen LogP contribution in [0.4, 0.5) is 18.9 Å². The maximum absolute atomic E-state index is 11.9. The maximum Gasteiger partial charge on any atom is 0.454 e. The molecule has 6 heteroatoms. The zero-order valence-electron chi connectivity index (χ0n) is 6.22. The highest BCUT2D eigenvalue weighted by Crippen LogP contribution is 2.23. The van der Waals surface area contributed by atoms with Gasteiger partial charge in [0.15, 0.2) is 0 Å². The number of hydrogen-bond acceptors (Lipinski definition) is 3. The smallest absolute Gasteiger partial charge is 0.396 e. The number of nitrogens with two attached hydrogens (primary N) is 1. The molecule has 1 rings (SSSR count). The Bertz CT molecular complexity index is 335. The summed E-state index contributed by atoms with van der Waals surface area (Å²) in [7, 11) is 0. The van der Waals surface area contributed by atoms with Crippen LogP contribution < -0.4 is 5.73 Å². The topological polar surface area (TPSA) is 56.0 Å². The van der Waals surface area contributed by atoms with Crippen LogP contribution in [0, 0.1) is 6.20 Å². The van der Waals surface area contributed by atoms with Gasteiger partial charge >= 0.3 is 6.18 Å². The minimum Gasteiger partial charge on any atom is -0.396 e. The van der Waals surface area contributed by atoms with Crippen LogP contribution in [0.5, 0.6) is 0 Å². The number of ketones is 1. The average molecular weight is 189 g/mol. The first-order valence-corrected chi connectivity index (χ1v) is 3.16. The van der Waals surface area contributed by atoms with E-state index in [0.717, 1.165) is 12.3 Å². The zero-order valence-corrected chi connectivity index (χ0v) is 6.22. The van der Waals surface area contributed by atoms with Crippen LogP contribution in [0.1, 0.15) is 10.4 Å². The number of Topliss-reactive ketones (excluding diaryl/α,β-unsaturated/α-hetero) is 1. The minimum absolute atomic E-state index is 0.398. The molecule has 0 unspecified atom stereocenters. The van der Waals surface area contributed by atoms with Crippen LogP contribution in [0.3, 0.4) is 0 Å². The third-order valence-corrected chi connectivity index (χ3v) is 1.29. The summed E-state index contributed by atoms with van der Waals surface area (Å²) in [5.74, 6) is -1.98. The number of alkyl halides is 3. The molecule has 0 bridgehead atoms. The number of nitrogens with zero attached hydrogens (tertiary/aromatic N) is 1. The summed E-state index contributed by atoms with van der Waals surface area (Å²) in [6.45, 7) is 0. The summed E-state index contributed by atoms with van der Waals surface area (Å²) in [6.07, 6.45) is -1.83. The third-order valence-electron chi connectivity index (χ3n) is 1.29. The van der Waals surface area contributed by atoms with Gasteiger partial charge in [-0.25, -0.2) is 0 Å². The van der Waals surface area contributed by atoms with Gasteiger partial charge in [-0.2, -0.15) is 13.2 Å². The summed E-state index contributed by atoms with van der Waals surface area (Å²) in [6, 6.07) is 0.904. The van der Waals surface area contributed by atoms with Gasteiger partial charge in [-0.3, -0.25) is 9.78 Å². The van der Waals surface area contributed by atoms with Crippen LogP contribution in [0.2, 0.25) is 0 Å². The van der Waals surface area contributed by atoms with E-state index >= 15 is 0 Å². The average Bonchev–Trinajstić information content (AvgIpc) is 2.02. The molecule has 0 fully saturated rings. The number of hydrogen-bond donors (Lipinski definition) is 1. The Hall–Kier alpha value is -1.59. The fraction of sp³-hybridized carbons (Fsp3) is 0.143. The molecule has 0 saturated carbocycles. The molecule has 0 aliphatic heterocycles. The molecular formula is C7H4F3N2O. The Labute approximate surface area is 71.4 Å². The molecule has 0 amide bonds. The van der Waals surface area contributed by atoms with Crippen LogP contribution in [-0.2, 0) is 0 Å². The van der Waals surface area contributed by atoms with Crippen molar-refractivity contribution in [2.24, 2.45) is 0 Å². The predicted octanol–water partition coefficient (Wildman–Crippen LogP) is 1.21. The van der Waals surface area contributed by atoms with Crippen molar-refractivity contribution in [3.63, 3.8) is 0 Å². The highest BCUT2D eigenvalue weighted by Gasteiger charge is 2.40. The second-order valence-electron chi connectivity index (χ2n) is 2.21. The summed E-state index contributed by atoms with van der Waals surface area (Å²) in [5, 5.41) is 0. The Morgan fingerprint density at radius 1 is 1.54 bits per heavy atom. The zero-order chi connectivity index (χ0) is 10.1.